The van der Waals surface area contributed by atoms with E-state index >= 15 is 0 Å². The number of nitrogens with zero attached hydrogens (tertiary/aromatic N) is 1. The first-order chi connectivity index (χ1) is 16.9. The van der Waals surface area contributed by atoms with E-state index in [1.165, 1.54) is 12.1 Å². The van der Waals surface area contributed by atoms with E-state index in [9.17, 15) is 14.0 Å². The summed E-state index contributed by atoms with van der Waals surface area (Å²) in [6.45, 7) is 2.86. The molecule has 3 aromatic carbocycles. The van der Waals surface area contributed by atoms with E-state index in [0.29, 0.717) is 30.3 Å². The summed E-state index contributed by atoms with van der Waals surface area (Å²) in [4.78, 5) is 26.8. The Labute approximate surface area is 211 Å². The smallest absolute Gasteiger partial charge is 0.243 e. The molecule has 0 unspecified atom stereocenters. The van der Waals surface area contributed by atoms with Gasteiger partial charge in [0.15, 0.2) is 11.5 Å². The van der Waals surface area contributed by atoms with E-state index in [0.717, 1.165) is 15.7 Å². The maximum atomic E-state index is 13.1. The van der Waals surface area contributed by atoms with Gasteiger partial charge in [0.1, 0.15) is 12.4 Å². The molecule has 9 heteroatoms. The summed E-state index contributed by atoms with van der Waals surface area (Å²) < 4.78 is 25.5. The first kappa shape index (κ1) is 24.5. The molecule has 1 heterocycles. The molecule has 3 aromatic rings. The van der Waals surface area contributed by atoms with E-state index in [-0.39, 0.29) is 30.7 Å². The molecule has 0 aliphatic carbocycles. The summed E-state index contributed by atoms with van der Waals surface area (Å²) in [6.07, 6.45) is 0.143. The van der Waals surface area contributed by atoms with E-state index in [2.05, 4.69) is 26.8 Å². The number of rotatable bonds is 9. The van der Waals surface area contributed by atoms with E-state index in [1.807, 2.05) is 31.2 Å². The van der Waals surface area contributed by atoms with Gasteiger partial charge in [-0.25, -0.2) is 4.39 Å². The minimum Gasteiger partial charge on any atom is -0.490 e. The van der Waals surface area contributed by atoms with Crippen LogP contribution in [0, 0.1) is 11.7 Å². The highest BCUT2D eigenvalue weighted by Crippen LogP contribution is 2.31. The van der Waals surface area contributed by atoms with Crippen molar-refractivity contribution >= 4 is 39.1 Å². The minimum atomic E-state index is -0.469. The van der Waals surface area contributed by atoms with Gasteiger partial charge in [0.2, 0.25) is 11.8 Å². The third kappa shape index (κ3) is 6.30. The van der Waals surface area contributed by atoms with Gasteiger partial charge >= 0.3 is 0 Å². The van der Waals surface area contributed by atoms with Crippen LogP contribution in [0.2, 0.25) is 0 Å². The first-order valence-electron chi connectivity index (χ1n) is 11.2. The lowest BCUT2D eigenvalue weighted by atomic mass is 10.1. The van der Waals surface area contributed by atoms with Gasteiger partial charge in [-0.3, -0.25) is 20.4 Å². The molecule has 7 nitrogen and oxygen atoms in total. The van der Waals surface area contributed by atoms with Crippen LogP contribution in [0.15, 0.2) is 71.2 Å². The summed E-state index contributed by atoms with van der Waals surface area (Å²) in [5, 5.41) is 0. The van der Waals surface area contributed by atoms with Crippen molar-refractivity contribution in [3.8, 4) is 11.5 Å². The Morgan fingerprint density at radius 1 is 1.06 bits per heavy atom. The summed E-state index contributed by atoms with van der Waals surface area (Å²) >= 11 is 3.38. The third-order valence-electron chi connectivity index (χ3n) is 5.52. The average Bonchev–Trinajstić information content (AvgIpc) is 3.25. The zero-order valence-corrected chi connectivity index (χ0v) is 20.7. The number of halogens is 2. The molecule has 0 bridgehead atoms. The molecule has 35 heavy (non-hydrogen) atoms. The Balaban J connectivity index is 1.35. The first-order valence-corrected chi connectivity index (χ1v) is 12.0. The van der Waals surface area contributed by atoms with Crippen molar-refractivity contribution in [3.05, 3.63) is 82.6 Å². The predicted octanol–water partition coefficient (Wildman–Crippen LogP) is 5.06. The highest BCUT2D eigenvalue weighted by atomic mass is 79.9. The monoisotopic (exact) mass is 541 g/mol. The minimum absolute atomic E-state index is 0.0891. The molecule has 1 aliphatic heterocycles. The molecule has 0 radical (unpaired) electrons. The normalized spacial score (nSPS) is 15.1. The number of carbonyl (C=O) groups excluding carboxylic acids is 2. The fraction of sp³-hybridized carbons (Fsp3) is 0.231. The zero-order valence-electron chi connectivity index (χ0n) is 19.1. The lowest BCUT2D eigenvalue weighted by molar-refractivity contribution is -0.125. The summed E-state index contributed by atoms with van der Waals surface area (Å²) in [5.74, 6) is -0.0974. The van der Waals surface area contributed by atoms with Gasteiger partial charge < -0.3 is 14.4 Å². The molecular formula is C26H25BrFN3O4. The van der Waals surface area contributed by atoms with Crippen molar-refractivity contribution in [2.75, 3.05) is 23.5 Å². The number of amides is 2. The summed E-state index contributed by atoms with van der Waals surface area (Å²) in [7, 11) is 0. The maximum absolute atomic E-state index is 13.1. The van der Waals surface area contributed by atoms with Crippen LogP contribution in [0.3, 0.4) is 0 Å². The number of carbonyl (C=O) groups is 2. The Morgan fingerprint density at radius 3 is 2.51 bits per heavy atom. The van der Waals surface area contributed by atoms with Gasteiger partial charge in [-0.05, 0) is 61.0 Å². The van der Waals surface area contributed by atoms with Crippen molar-refractivity contribution in [3.63, 3.8) is 0 Å². The predicted molar refractivity (Wildman–Crippen MR) is 135 cm³/mol. The number of hydrogen-bond acceptors (Lipinski definition) is 5. The van der Waals surface area contributed by atoms with Crippen LogP contribution in [0.1, 0.15) is 18.9 Å². The molecule has 1 saturated heterocycles. The molecule has 0 aromatic heterocycles. The fourth-order valence-corrected chi connectivity index (χ4v) is 3.97. The molecule has 1 fully saturated rings. The highest BCUT2D eigenvalue weighted by Gasteiger charge is 2.35. The second-order valence-electron chi connectivity index (χ2n) is 8.01. The second kappa shape index (κ2) is 11.2. The highest BCUT2D eigenvalue weighted by molar-refractivity contribution is 9.10. The van der Waals surface area contributed by atoms with Gasteiger partial charge in [-0.1, -0.05) is 28.1 Å². The van der Waals surface area contributed by atoms with Crippen LogP contribution < -0.4 is 25.2 Å². The number of benzene rings is 3. The van der Waals surface area contributed by atoms with Gasteiger partial charge in [-0.2, -0.15) is 0 Å². The molecule has 182 valence electrons. The van der Waals surface area contributed by atoms with E-state index in [4.69, 9.17) is 9.47 Å². The molecule has 2 N–H and O–H groups in total. The Bertz CT molecular complexity index is 1190. The molecule has 0 spiro atoms. The van der Waals surface area contributed by atoms with Gasteiger partial charge in [0, 0.05) is 29.2 Å². The van der Waals surface area contributed by atoms with E-state index in [1.54, 1.807) is 35.2 Å². The Morgan fingerprint density at radius 2 is 1.80 bits per heavy atom. The lowest BCUT2D eigenvalue weighted by Crippen LogP contribution is -2.36. The standard InChI is InChI=1S/C26H25BrFN3O4/c1-2-34-24-14-21(9-12-23(24)35-16-17-3-7-20(28)8-4-17)29-30-26(33)18-13-25(32)31(15-18)22-10-5-19(27)6-11-22/h3-12,14,18,29H,2,13,15-16H2,1H3,(H,30,33)/t18-/m1/s1. The molecule has 0 saturated carbocycles. The van der Waals surface area contributed by atoms with Crippen LogP contribution in [0.4, 0.5) is 15.8 Å². The Kier molecular flexibility index (Phi) is 7.87. The maximum Gasteiger partial charge on any atom is 0.243 e. The Hall–Kier alpha value is -3.59. The molecular weight excluding hydrogens is 517 g/mol. The molecule has 1 atom stereocenters. The number of hydrazine groups is 1. The van der Waals surface area contributed by atoms with Crippen LogP contribution in [0.5, 0.6) is 11.5 Å². The van der Waals surface area contributed by atoms with E-state index < -0.39 is 5.92 Å². The number of hydrogen-bond donors (Lipinski definition) is 2. The fourth-order valence-electron chi connectivity index (χ4n) is 3.70. The zero-order chi connectivity index (χ0) is 24.8. The number of nitrogens with one attached hydrogen (secondary N) is 2. The van der Waals surface area contributed by atoms with Crippen LogP contribution in [-0.4, -0.2) is 25.0 Å². The van der Waals surface area contributed by atoms with Crippen molar-refractivity contribution in [2.45, 2.75) is 20.0 Å². The largest absolute Gasteiger partial charge is 0.490 e. The van der Waals surface area contributed by atoms with Crippen molar-refractivity contribution in [1.82, 2.24) is 5.43 Å². The molecule has 2 amide bonds. The molecule has 1 aliphatic rings. The van der Waals surface area contributed by atoms with Gasteiger partial charge in [0.05, 0.1) is 18.2 Å². The van der Waals surface area contributed by atoms with Gasteiger partial charge in [0.25, 0.3) is 0 Å². The summed E-state index contributed by atoms with van der Waals surface area (Å²) in [6, 6.07) is 18.7. The van der Waals surface area contributed by atoms with Crippen LogP contribution in [0.25, 0.3) is 0 Å². The van der Waals surface area contributed by atoms with Crippen molar-refractivity contribution < 1.29 is 23.5 Å². The topological polar surface area (TPSA) is 79.9 Å². The van der Waals surface area contributed by atoms with Crippen LogP contribution >= 0.6 is 15.9 Å². The second-order valence-corrected chi connectivity index (χ2v) is 8.92. The van der Waals surface area contributed by atoms with Crippen molar-refractivity contribution in [2.24, 2.45) is 5.92 Å². The summed E-state index contributed by atoms with van der Waals surface area (Å²) in [5.41, 5.74) is 7.77. The van der Waals surface area contributed by atoms with Crippen molar-refractivity contribution in [1.29, 1.82) is 0 Å². The van der Waals surface area contributed by atoms with Gasteiger partial charge in [-0.15, -0.1) is 0 Å². The third-order valence-corrected chi connectivity index (χ3v) is 6.04. The number of anilines is 2. The lowest BCUT2D eigenvalue weighted by Gasteiger charge is -2.17. The SMILES string of the molecule is CCOc1cc(NNC(=O)[C@@H]2CC(=O)N(c3ccc(Br)cc3)C2)ccc1OCc1ccc(F)cc1. The molecule has 4 rings (SSSR count). The quantitative estimate of drug-likeness (QED) is 0.370. The van der Waals surface area contributed by atoms with Crippen LogP contribution in [-0.2, 0) is 16.2 Å². The average molecular weight is 542 g/mol. The number of ether oxygens (including phenoxy) is 2.